The molecule has 0 bridgehead atoms. The maximum atomic E-state index is 9.33. The molecule has 0 amide bonds. The van der Waals surface area contributed by atoms with Gasteiger partial charge in [-0.25, -0.2) is 4.98 Å². The average molecular weight is 248 g/mol. The van der Waals surface area contributed by atoms with Crippen LogP contribution in [0.4, 0.5) is 5.82 Å². The van der Waals surface area contributed by atoms with Crippen LogP contribution in [0.1, 0.15) is 43.9 Å². The van der Waals surface area contributed by atoms with E-state index in [-0.39, 0.29) is 6.61 Å². The molecular formula is C15H24N2O. The summed E-state index contributed by atoms with van der Waals surface area (Å²) in [6.45, 7) is 3.35. The summed E-state index contributed by atoms with van der Waals surface area (Å²) in [6.07, 6.45) is 6.16. The fourth-order valence-electron chi connectivity index (χ4n) is 2.46. The summed E-state index contributed by atoms with van der Waals surface area (Å²) in [7, 11) is 2.11. The highest BCUT2D eigenvalue weighted by atomic mass is 16.3. The minimum absolute atomic E-state index is 0.101. The summed E-state index contributed by atoms with van der Waals surface area (Å²) in [4.78, 5) is 6.94. The van der Waals surface area contributed by atoms with E-state index in [1.54, 1.807) is 0 Å². The van der Waals surface area contributed by atoms with Crippen LogP contribution < -0.4 is 4.90 Å². The molecule has 3 nitrogen and oxygen atoms in total. The van der Waals surface area contributed by atoms with Gasteiger partial charge in [-0.1, -0.05) is 19.8 Å². The number of nitrogens with zero attached hydrogens (tertiary/aromatic N) is 2. The maximum Gasteiger partial charge on any atom is 0.128 e. The van der Waals surface area contributed by atoms with Crippen LogP contribution >= 0.6 is 0 Å². The molecule has 0 radical (unpaired) electrons. The Kier molecular flexibility index (Phi) is 4.59. The van der Waals surface area contributed by atoms with Gasteiger partial charge in [0.05, 0.1) is 6.61 Å². The third-order valence-corrected chi connectivity index (χ3v) is 3.76. The summed E-state index contributed by atoms with van der Waals surface area (Å²) in [5.74, 6) is 1.85. The average Bonchev–Trinajstić information content (AvgIpc) is 2.33. The third kappa shape index (κ3) is 3.22. The molecule has 0 unspecified atom stereocenters. The van der Waals surface area contributed by atoms with Crippen LogP contribution in [0.2, 0.25) is 0 Å². The molecule has 1 aromatic heterocycles. The number of hydrogen-bond donors (Lipinski definition) is 1. The molecule has 1 saturated carbocycles. The molecule has 1 heterocycles. The number of pyridine rings is 1. The van der Waals surface area contributed by atoms with Gasteiger partial charge in [-0.05, 0) is 42.9 Å². The Morgan fingerprint density at radius 1 is 1.39 bits per heavy atom. The quantitative estimate of drug-likeness (QED) is 0.841. The molecule has 2 rings (SSSR count). The molecule has 100 valence electrons. The summed E-state index contributed by atoms with van der Waals surface area (Å²) in [5, 5.41) is 9.33. The highest BCUT2D eigenvalue weighted by Gasteiger charge is 2.20. The van der Waals surface area contributed by atoms with Crippen LogP contribution in [0.25, 0.3) is 0 Å². The molecule has 1 fully saturated rings. The van der Waals surface area contributed by atoms with Gasteiger partial charge in [0.2, 0.25) is 0 Å². The van der Waals surface area contributed by atoms with Crippen molar-refractivity contribution >= 4 is 5.82 Å². The van der Waals surface area contributed by atoms with Crippen LogP contribution in [-0.2, 0) is 13.0 Å². The lowest BCUT2D eigenvalue weighted by Gasteiger charge is -2.31. The number of anilines is 1. The van der Waals surface area contributed by atoms with Crippen LogP contribution in [-0.4, -0.2) is 23.7 Å². The molecular weight excluding hydrogens is 224 g/mol. The van der Waals surface area contributed by atoms with Gasteiger partial charge in [0.1, 0.15) is 5.82 Å². The van der Waals surface area contributed by atoms with E-state index < -0.39 is 0 Å². The predicted molar refractivity (Wildman–Crippen MR) is 74.8 cm³/mol. The fraction of sp³-hybridized carbons (Fsp3) is 0.667. The Balaban J connectivity index is 2.10. The first-order chi connectivity index (χ1) is 8.72. The molecule has 18 heavy (non-hydrogen) atoms. The van der Waals surface area contributed by atoms with Gasteiger partial charge < -0.3 is 10.0 Å². The summed E-state index contributed by atoms with van der Waals surface area (Å²) >= 11 is 0. The molecule has 1 aliphatic carbocycles. The van der Waals surface area contributed by atoms with Gasteiger partial charge in [-0.15, -0.1) is 0 Å². The smallest absolute Gasteiger partial charge is 0.128 e. The van der Waals surface area contributed by atoms with Crippen molar-refractivity contribution in [3.05, 3.63) is 23.4 Å². The van der Waals surface area contributed by atoms with Gasteiger partial charge >= 0.3 is 0 Å². The van der Waals surface area contributed by atoms with Gasteiger partial charge in [0.15, 0.2) is 0 Å². The number of hydrogen-bond acceptors (Lipinski definition) is 3. The SMILES string of the molecule is CCCc1cc(CO)cc(N(C)CC2CCC2)n1. The van der Waals surface area contributed by atoms with E-state index in [0.717, 1.165) is 42.4 Å². The summed E-state index contributed by atoms with van der Waals surface area (Å²) in [5.41, 5.74) is 2.07. The number of aryl methyl sites for hydroxylation is 1. The number of aliphatic hydroxyl groups excluding tert-OH is 1. The van der Waals surface area contributed by atoms with Crippen molar-refractivity contribution in [3.63, 3.8) is 0 Å². The first-order valence-electron chi connectivity index (χ1n) is 7.04. The second-order valence-corrected chi connectivity index (χ2v) is 5.41. The van der Waals surface area contributed by atoms with Gasteiger partial charge in [-0.2, -0.15) is 0 Å². The Labute approximate surface area is 110 Å². The number of aromatic nitrogens is 1. The van der Waals surface area contributed by atoms with E-state index in [1.807, 2.05) is 12.1 Å². The summed E-state index contributed by atoms with van der Waals surface area (Å²) < 4.78 is 0. The minimum Gasteiger partial charge on any atom is -0.392 e. The van der Waals surface area contributed by atoms with Crippen molar-refractivity contribution in [1.29, 1.82) is 0 Å². The van der Waals surface area contributed by atoms with Gasteiger partial charge in [0.25, 0.3) is 0 Å². The van der Waals surface area contributed by atoms with E-state index in [0.29, 0.717) is 0 Å². The minimum atomic E-state index is 0.101. The molecule has 0 aliphatic heterocycles. The first-order valence-corrected chi connectivity index (χ1v) is 7.04. The lowest BCUT2D eigenvalue weighted by atomic mass is 9.85. The van der Waals surface area contributed by atoms with E-state index in [2.05, 4.69) is 18.9 Å². The lowest BCUT2D eigenvalue weighted by Crippen LogP contribution is -2.30. The zero-order chi connectivity index (χ0) is 13.0. The van der Waals surface area contributed by atoms with Crippen molar-refractivity contribution in [1.82, 2.24) is 4.98 Å². The van der Waals surface area contributed by atoms with Crippen LogP contribution in [0.3, 0.4) is 0 Å². The van der Waals surface area contributed by atoms with Crippen molar-refractivity contribution < 1.29 is 5.11 Å². The lowest BCUT2D eigenvalue weighted by molar-refractivity contribution is 0.281. The first kappa shape index (κ1) is 13.3. The Hall–Kier alpha value is -1.09. The van der Waals surface area contributed by atoms with Crippen LogP contribution in [0.5, 0.6) is 0 Å². The van der Waals surface area contributed by atoms with Crippen molar-refractivity contribution in [2.45, 2.75) is 45.6 Å². The molecule has 0 spiro atoms. The second-order valence-electron chi connectivity index (χ2n) is 5.41. The zero-order valence-electron chi connectivity index (χ0n) is 11.5. The highest BCUT2D eigenvalue weighted by molar-refractivity contribution is 5.42. The Morgan fingerprint density at radius 3 is 2.72 bits per heavy atom. The van der Waals surface area contributed by atoms with Crippen LogP contribution in [0.15, 0.2) is 12.1 Å². The zero-order valence-corrected chi connectivity index (χ0v) is 11.5. The van der Waals surface area contributed by atoms with Crippen LogP contribution in [0, 0.1) is 5.92 Å². The van der Waals surface area contributed by atoms with Crippen molar-refractivity contribution in [2.24, 2.45) is 5.92 Å². The summed E-state index contributed by atoms with van der Waals surface area (Å²) in [6, 6.07) is 4.03. The molecule has 0 atom stereocenters. The van der Waals surface area contributed by atoms with Crippen molar-refractivity contribution in [3.8, 4) is 0 Å². The Morgan fingerprint density at radius 2 is 2.17 bits per heavy atom. The van der Waals surface area contributed by atoms with Gasteiger partial charge in [-0.3, -0.25) is 0 Å². The fourth-order valence-corrected chi connectivity index (χ4v) is 2.46. The van der Waals surface area contributed by atoms with Crippen molar-refractivity contribution in [2.75, 3.05) is 18.5 Å². The highest BCUT2D eigenvalue weighted by Crippen LogP contribution is 2.28. The molecule has 0 aromatic carbocycles. The van der Waals surface area contributed by atoms with E-state index in [9.17, 15) is 5.11 Å². The Bertz CT molecular complexity index is 388. The molecule has 1 aromatic rings. The standard InChI is InChI=1S/C15H24N2O/c1-3-5-14-8-13(11-18)9-15(16-14)17(2)10-12-6-4-7-12/h8-9,12,18H,3-7,10-11H2,1-2H3. The molecule has 1 aliphatic rings. The number of rotatable bonds is 6. The largest absolute Gasteiger partial charge is 0.392 e. The normalized spacial score (nSPS) is 15.5. The van der Waals surface area contributed by atoms with E-state index >= 15 is 0 Å². The number of aliphatic hydroxyl groups is 1. The topological polar surface area (TPSA) is 36.4 Å². The second kappa shape index (κ2) is 6.19. The molecule has 3 heteroatoms. The third-order valence-electron chi connectivity index (χ3n) is 3.76. The monoisotopic (exact) mass is 248 g/mol. The van der Waals surface area contributed by atoms with E-state index in [1.165, 1.54) is 19.3 Å². The maximum absolute atomic E-state index is 9.33. The predicted octanol–water partition coefficient (Wildman–Crippen LogP) is 2.76. The molecule has 1 N–H and O–H groups in total. The van der Waals surface area contributed by atoms with Gasteiger partial charge in [0, 0.05) is 19.3 Å². The van der Waals surface area contributed by atoms with E-state index in [4.69, 9.17) is 4.98 Å². The molecule has 0 saturated heterocycles.